The lowest BCUT2D eigenvalue weighted by Crippen LogP contribution is -2.39. The van der Waals surface area contributed by atoms with Gasteiger partial charge in [-0.05, 0) is 56.3 Å². The van der Waals surface area contributed by atoms with Crippen molar-refractivity contribution in [2.24, 2.45) is 0 Å². The van der Waals surface area contributed by atoms with E-state index in [0.717, 1.165) is 70.1 Å². The number of carboxylic acids is 1. The van der Waals surface area contributed by atoms with Crippen LogP contribution in [0.5, 0.6) is 0 Å². The number of halogens is 1. The zero-order valence-electron chi connectivity index (χ0n) is 28.7. The van der Waals surface area contributed by atoms with Crippen LogP contribution in [-0.2, 0) is 23.3 Å². The Morgan fingerprint density at radius 2 is 1.33 bits per heavy atom. The second-order valence-corrected chi connectivity index (χ2v) is 12.9. The van der Waals surface area contributed by atoms with Crippen molar-refractivity contribution in [2.75, 3.05) is 0 Å². The van der Waals surface area contributed by atoms with Crippen LogP contribution in [-0.4, -0.2) is 40.8 Å². The normalized spacial score (nSPS) is 11.7. The number of hydrogen-bond donors (Lipinski definition) is 1. The Kier molecular flexibility index (Phi) is 10.2. The number of benzene rings is 5. The quantitative estimate of drug-likeness (QED) is 0.0950. The molecule has 258 valence electrons. The van der Waals surface area contributed by atoms with E-state index in [1.165, 1.54) is 6.08 Å². The summed E-state index contributed by atoms with van der Waals surface area (Å²) in [6.07, 6.45) is 5.31. The fourth-order valence-corrected chi connectivity index (χ4v) is 7.14. The number of nitrogens with zero attached hydrogens (tertiary/aromatic N) is 6. The minimum atomic E-state index is -1.04. The molecular weight excluding hydrogens is 668 g/mol. The summed E-state index contributed by atoms with van der Waals surface area (Å²) in [5.74, 6) is 0.415. The third kappa shape index (κ3) is 6.68. The number of aromatic nitrogens is 6. The first-order valence-corrected chi connectivity index (χ1v) is 17.7. The van der Waals surface area contributed by atoms with E-state index < -0.39 is 11.5 Å². The Morgan fingerprint density at radius 1 is 0.769 bits per heavy atom. The van der Waals surface area contributed by atoms with Gasteiger partial charge in [-0.3, -0.25) is 0 Å². The first-order valence-electron chi connectivity index (χ1n) is 17.3. The molecule has 2 aromatic heterocycles. The Bertz CT molecular complexity index is 2200. The number of rotatable bonds is 13. The molecule has 9 heteroatoms. The average Bonchev–Trinajstić information content (AvgIpc) is 3.79. The SMILES string of the molecule is CCCCc1nc(Cl)c(C=CC(=O)O)n1Cc1ccc(-c2ccccc2-c2nnnn2C(c2ccccc2)(c2ccccc2)c2ccccc2)cc1. The molecule has 0 fully saturated rings. The van der Waals surface area contributed by atoms with Gasteiger partial charge >= 0.3 is 5.97 Å². The Balaban J connectivity index is 1.32. The Morgan fingerprint density at radius 3 is 1.88 bits per heavy atom. The molecule has 0 radical (unpaired) electrons. The smallest absolute Gasteiger partial charge is 0.328 e. The largest absolute Gasteiger partial charge is 0.478 e. The predicted molar refractivity (Wildman–Crippen MR) is 205 cm³/mol. The van der Waals surface area contributed by atoms with Crippen LogP contribution >= 0.6 is 11.6 Å². The van der Waals surface area contributed by atoms with Gasteiger partial charge in [-0.2, -0.15) is 0 Å². The molecule has 7 aromatic rings. The van der Waals surface area contributed by atoms with Gasteiger partial charge in [0.2, 0.25) is 0 Å². The molecule has 0 saturated carbocycles. The van der Waals surface area contributed by atoms with Crippen LogP contribution in [0.3, 0.4) is 0 Å². The van der Waals surface area contributed by atoms with Gasteiger partial charge in [0.15, 0.2) is 11.0 Å². The maximum absolute atomic E-state index is 11.3. The molecule has 8 nitrogen and oxygen atoms in total. The van der Waals surface area contributed by atoms with Crippen molar-refractivity contribution in [3.8, 4) is 22.5 Å². The van der Waals surface area contributed by atoms with E-state index in [1.54, 1.807) is 0 Å². The first kappa shape index (κ1) is 34.3. The maximum atomic E-state index is 11.3. The van der Waals surface area contributed by atoms with Crippen molar-refractivity contribution in [1.29, 1.82) is 0 Å². The fourth-order valence-electron chi connectivity index (χ4n) is 6.88. The Labute approximate surface area is 307 Å². The highest BCUT2D eigenvalue weighted by Crippen LogP contribution is 2.43. The van der Waals surface area contributed by atoms with E-state index in [-0.39, 0.29) is 0 Å². The minimum Gasteiger partial charge on any atom is -0.478 e. The van der Waals surface area contributed by atoms with E-state index in [1.807, 2.05) is 76.0 Å². The molecule has 1 N–H and O–H groups in total. The van der Waals surface area contributed by atoms with Crippen molar-refractivity contribution in [2.45, 2.75) is 38.3 Å². The number of unbranched alkanes of at least 4 members (excludes halogenated alkanes) is 1. The third-order valence-corrected chi connectivity index (χ3v) is 9.59. The van der Waals surface area contributed by atoms with Crippen LogP contribution in [0.25, 0.3) is 28.6 Å². The van der Waals surface area contributed by atoms with Crippen LogP contribution in [0.15, 0.2) is 146 Å². The lowest BCUT2D eigenvalue weighted by atomic mass is 9.77. The molecule has 5 aromatic carbocycles. The van der Waals surface area contributed by atoms with Crippen molar-refractivity contribution in [3.05, 3.63) is 185 Å². The summed E-state index contributed by atoms with van der Waals surface area (Å²) in [5, 5.41) is 23.3. The van der Waals surface area contributed by atoms with Gasteiger partial charge in [-0.25, -0.2) is 14.5 Å². The molecule has 0 unspecified atom stereocenters. The zero-order valence-corrected chi connectivity index (χ0v) is 29.4. The summed E-state index contributed by atoms with van der Waals surface area (Å²) >= 11 is 6.52. The molecule has 0 aliphatic rings. The monoisotopic (exact) mass is 704 g/mol. The Hall–Kier alpha value is -6.12. The van der Waals surface area contributed by atoms with Gasteiger partial charge in [0, 0.05) is 24.6 Å². The summed E-state index contributed by atoms with van der Waals surface area (Å²) in [6.45, 7) is 2.62. The topological polar surface area (TPSA) is 98.7 Å². The standard InChI is InChI=1S/C43H37ClN6O2/c1-2-3-23-39-45-41(44)38(28-29-40(51)52)49(39)30-31-24-26-32(27-25-31)36-21-13-14-22-37(36)42-46-47-48-50(42)43(33-15-7-4-8-16-33,34-17-9-5-10-18-34)35-19-11-6-12-20-35/h4-22,24-29H,2-3,23,30H2,1H3,(H,51,52). The summed E-state index contributed by atoms with van der Waals surface area (Å²) in [7, 11) is 0. The molecule has 7 rings (SSSR count). The number of aliphatic carboxylic acids is 1. The average molecular weight is 705 g/mol. The highest BCUT2D eigenvalue weighted by Gasteiger charge is 2.42. The van der Waals surface area contributed by atoms with E-state index in [4.69, 9.17) is 21.9 Å². The van der Waals surface area contributed by atoms with Crippen LogP contribution in [0, 0.1) is 0 Å². The zero-order chi connectivity index (χ0) is 35.9. The number of carbonyl (C=O) groups is 1. The molecule has 0 spiro atoms. The summed E-state index contributed by atoms with van der Waals surface area (Å²) in [5.41, 5.74) is 6.67. The molecule has 0 amide bonds. The molecule has 0 bridgehead atoms. The minimum absolute atomic E-state index is 0.296. The molecule has 52 heavy (non-hydrogen) atoms. The maximum Gasteiger partial charge on any atom is 0.328 e. The van der Waals surface area contributed by atoms with Gasteiger partial charge in [0.1, 0.15) is 11.4 Å². The van der Waals surface area contributed by atoms with Gasteiger partial charge in [-0.1, -0.05) is 164 Å². The van der Waals surface area contributed by atoms with E-state index in [2.05, 4.69) is 89.9 Å². The number of aryl methyl sites for hydroxylation is 1. The van der Waals surface area contributed by atoms with E-state index >= 15 is 0 Å². The molecule has 0 aliphatic heterocycles. The number of carboxylic acid groups (broad SMARTS) is 1. The van der Waals surface area contributed by atoms with Crippen molar-refractivity contribution in [1.82, 2.24) is 29.8 Å². The van der Waals surface area contributed by atoms with E-state index in [9.17, 15) is 9.90 Å². The second-order valence-electron chi connectivity index (χ2n) is 12.5. The molecule has 2 heterocycles. The van der Waals surface area contributed by atoms with Gasteiger partial charge < -0.3 is 9.67 Å². The highest BCUT2D eigenvalue weighted by atomic mass is 35.5. The molecular formula is C43H37ClN6O2. The van der Waals surface area contributed by atoms with Gasteiger partial charge in [-0.15, -0.1) is 5.10 Å². The van der Waals surface area contributed by atoms with Crippen LogP contribution in [0.1, 0.15) is 53.5 Å². The summed E-state index contributed by atoms with van der Waals surface area (Å²) < 4.78 is 3.96. The summed E-state index contributed by atoms with van der Waals surface area (Å²) in [6, 6.07) is 47.6. The number of imidazole rings is 1. The number of hydrogen-bond acceptors (Lipinski definition) is 5. The van der Waals surface area contributed by atoms with Crippen LogP contribution < -0.4 is 0 Å². The number of tetrazole rings is 1. The predicted octanol–water partition coefficient (Wildman–Crippen LogP) is 9.19. The molecule has 0 atom stereocenters. The molecule has 0 saturated heterocycles. The van der Waals surface area contributed by atoms with Crippen molar-refractivity contribution in [3.63, 3.8) is 0 Å². The van der Waals surface area contributed by atoms with Crippen LogP contribution in [0.2, 0.25) is 5.15 Å². The third-order valence-electron chi connectivity index (χ3n) is 9.31. The van der Waals surface area contributed by atoms with Gasteiger partial charge in [0.05, 0.1) is 5.69 Å². The second kappa shape index (κ2) is 15.4. The first-order chi connectivity index (χ1) is 25.5. The summed E-state index contributed by atoms with van der Waals surface area (Å²) in [4.78, 5) is 15.9. The lowest BCUT2D eigenvalue weighted by molar-refractivity contribution is -0.131. The highest BCUT2D eigenvalue weighted by molar-refractivity contribution is 6.30. The van der Waals surface area contributed by atoms with Crippen molar-refractivity contribution >= 4 is 23.6 Å². The van der Waals surface area contributed by atoms with Crippen molar-refractivity contribution < 1.29 is 9.90 Å². The van der Waals surface area contributed by atoms with E-state index in [0.29, 0.717) is 23.2 Å². The molecule has 0 aliphatic carbocycles. The van der Waals surface area contributed by atoms with Crippen LogP contribution in [0.4, 0.5) is 0 Å². The fraction of sp³-hybridized carbons (Fsp3) is 0.140. The lowest BCUT2D eigenvalue weighted by Gasteiger charge is -2.36. The van der Waals surface area contributed by atoms with Gasteiger partial charge in [0.25, 0.3) is 0 Å².